The Morgan fingerprint density at radius 1 is 0.875 bits per heavy atom. The molecule has 164 valence electrons. The predicted octanol–water partition coefficient (Wildman–Crippen LogP) is 5.28. The van der Waals surface area contributed by atoms with Crippen LogP contribution in [0.1, 0.15) is 28.3 Å². The van der Waals surface area contributed by atoms with Gasteiger partial charge in [0.05, 0.1) is 10.9 Å². The van der Waals surface area contributed by atoms with Gasteiger partial charge in [0, 0.05) is 11.6 Å². The fraction of sp³-hybridized carbons (Fsp3) is 0.160. The molecule has 1 aliphatic heterocycles. The van der Waals surface area contributed by atoms with Crippen LogP contribution in [0.2, 0.25) is 5.02 Å². The van der Waals surface area contributed by atoms with E-state index in [1.165, 1.54) is 17.0 Å². The molecule has 1 N–H and O–H groups in total. The van der Waals surface area contributed by atoms with Gasteiger partial charge in [0.1, 0.15) is 4.91 Å². The summed E-state index contributed by atoms with van der Waals surface area (Å²) in [7, 11) is -4.14. The molecule has 3 aromatic rings. The maximum absolute atomic E-state index is 13.6. The predicted molar refractivity (Wildman–Crippen MR) is 124 cm³/mol. The van der Waals surface area contributed by atoms with E-state index in [9.17, 15) is 18.3 Å². The Labute approximate surface area is 192 Å². The summed E-state index contributed by atoms with van der Waals surface area (Å²) in [4.78, 5) is 14.2. The van der Waals surface area contributed by atoms with Crippen LogP contribution >= 0.6 is 11.6 Å². The van der Waals surface area contributed by atoms with Crippen LogP contribution in [0.25, 0.3) is 0 Å². The first-order valence-corrected chi connectivity index (χ1v) is 11.9. The van der Waals surface area contributed by atoms with Crippen molar-refractivity contribution in [3.05, 3.63) is 111 Å². The van der Waals surface area contributed by atoms with E-state index >= 15 is 0 Å². The van der Waals surface area contributed by atoms with E-state index in [1.807, 2.05) is 38.1 Å². The molecular weight excluding hydrogens is 446 g/mol. The zero-order valence-electron chi connectivity index (χ0n) is 17.6. The van der Waals surface area contributed by atoms with Crippen LogP contribution in [0.4, 0.5) is 0 Å². The molecule has 5 nitrogen and oxygen atoms in total. The van der Waals surface area contributed by atoms with Gasteiger partial charge in [0.15, 0.2) is 5.76 Å². The highest BCUT2D eigenvalue weighted by Gasteiger charge is 2.46. The number of aliphatic hydroxyl groups excluding tert-OH is 1. The first kappa shape index (κ1) is 22.1. The lowest BCUT2D eigenvalue weighted by atomic mass is 10.1. The number of nitrogens with zero attached hydrogens (tertiary/aromatic N) is 1. The van der Waals surface area contributed by atoms with Gasteiger partial charge in [-0.1, -0.05) is 71.3 Å². The Kier molecular flexibility index (Phi) is 5.84. The summed E-state index contributed by atoms with van der Waals surface area (Å²) in [5.74, 6) is -1.48. The molecule has 32 heavy (non-hydrogen) atoms. The lowest BCUT2D eigenvalue weighted by Crippen LogP contribution is -2.30. The van der Waals surface area contributed by atoms with Crippen LogP contribution in [0.3, 0.4) is 0 Å². The normalized spacial score (nSPS) is 16.7. The average Bonchev–Trinajstić information content (AvgIpc) is 3.01. The zero-order valence-corrected chi connectivity index (χ0v) is 19.2. The second-order valence-corrected chi connectivity index (χ2v) is 10.3. The topological polar surface area (TPSA) is 74.7 Å². The Morgan fingerprint density at radius 3 is 1.97 bits per heavy atom. The molecule has 0 saturated heterocycles. The van der Waals surface area contributed by atoms with Gasteiger partial charge in [-0.25, -0.2) is 8.42 Å². The number of carbonyl (C=O) groups is 1. The van der Waals surface area contributed by atoms with Crippen molar-refractivity contribution >= 4 is 27.3 Å². The molecular formula is C25H22ClNO4S. The number of sulfone groups is 1. The minimum absolute atomic E-state index is 0.0219. The molecule has 0 aromatic heterocycles. The van der Waals surface area contributed by atoms with Gasteiger partial charge in [-0.15, -0.1) is 0 Å². The number of rotatable bonds is 5. The van der Waals surface area contributed by atoms with Crippen LogP contribution in [0, 0.1) is 13.8 Å². The minimum Gasteiger partial charge on any atom is -0.502 e. The third-order valence-electron chi connectivity index (χ3n) is 5.54. The molecule has 1 atom stereocenters. The van der Waals surface area contributed by atoms with Crippen molar-refractivity contribution in [2.45, 2.75) is 31.3 Å². The average molecular weight is 468 g/mol. The van der Waals surface area contributed by atoms with Crippen LogP contribution in [0.15, 0.2) is 88.4 Å². The first-order chi connectivity index (χ1) is 15.2. The van der Waals surface area contributed by atoms with E-state index in [4.69, 9.17) is 11.6 Å². The highest BCUT2D eigenvalue weighted by Crippen LogP contribution is 2.43. The Balaban J connectivity index is 1.84. The molecule has 0 radical (unpaired) electrons. The summed E-state index contributed by atoms with van der Waals surface area (Å²) in [6, 6.07) is 19.6. The van der Waals surface area contributed by atoms with Crippen LogP contribution in [0.5, 0.6) is 0 Å². The Bertz CT molecular complexity index is 1300. The van der Waals surface area contributed by atoms with Gasteiger partial charge in [-0.05, 0) is 49.2 Å². The van der Waals surface area contributed by atoms with E-state index in [1.54, 1.807) is 36.4 Å². The fourth-order valence-corrected chi connectivity index (χ4v) is 5.55. The summed E-state index contributed by atoms with van der Waals surface area (Å²) in [6.45, 7) is 3.95. The van der Waals surface area contributed by atoms with Crippen LogP contribution in [-0.2, 0) is 21.2 Å². The summed E-state index contributed by atoms with van der Waals surface area (Å²) in [5, 5.41) is 11.3. The third kappa shape index (κ3) is 4.04. The fourth-order valence-electron chi connectivity index (χ4n) is 3.78. The van der Waals surface area contributed by atoms with Gasteiger partial charge in [-0.2, -0.15) is 0 Å². The number of amides is 1. The van der Waals surface area contributed by atoms with Crippen molar-refractivity contribution in [2.75, 3.05) is 0 Å². The molecule has 1 aliphatic rings. The first-order valence-electron chi connectivity index (χ1n) is 10.1. The molecule has 0 spiro atoms. The van der Waals surface area contributed by atoms with E-state index < -0.39 is 27.5 Å². The molecule has 0 bridgehead atoms. The largest absolute Gasteiger partial charge is 0.502 e. The molecule has 1 unspecified atom stereocenters. The highest BCUT2D eigenvalue weighted by molar-refractivity contribution is 7.95. The van der Waals surface area contributed by atoms with Gasteiger partial charge in [0.2, 0.25) is 9.84 Å². The SMILES string of the molecule is Cc1ccc(CN2C(=O)C(O)=C(S(=O)(=O)c3ccc(C)cc3)C2c2ccc(Cl)cc2)cc1. The van der Waals surface area contributed by atoms with E-state index in [0.29, 0.717) is 10.6 Å². The zero-order chi connectivity index (χ0) is 23.0. The number of hydrogen-bond donors (Lipinski definition) is 1. The number of halogens is 1. The minimum atomic E-state index is -4.14. The quantitative estimate of drug-likeness (QED) is 0.553. The van der Waals surface area contributed by atoms with Gasteiger partial charge >= 0.3 is 0 Å². The number of hydrogen-bond acceptors (Lipinski definition) is 4. The molecule has 1 heterocycles. The summed E-state index contributed by atoms with van der Waals surface area (Å²) in [5.41, 5.74) is 3.34. The molecule has 0 aliphatic carbocycles. The monoisotopic (exact) mass is 467 g/mol. The van der Waals surface area contributed by atoms with Gasteiger partial charge in [-0.3, -0.25) is 4.79 Å². The molecule has 4 rings (SSSR count). The summed E-state index contributed by atoms with van der Waals surface area (Å²) in [6.07, 6.45) is 0. The van der Waals surface area contributed by atoms with E-state index in [2.05, 4.69) is 0 Å². The Morgan fingerprint density at radius 2 is 1.41 bits per heavy atom. The highest BCUT2D eigenvalue weighted by atomic mass is 35.5. The lowest BCUT2D eigenvalue weighted by Gasteiger charge is -2.27. The second-order valence-electron chi connectivity index (χ2n) is 7.90. The number of benzene rings is 3. The number of aryl methyl sites for hydroxylation is 2. The lowest BCUT2D eigenvalue weighted by molar-refractivity contribution is -0.130. The van der Waals surface area contributed by atoms with E-state index in [-0.39, 0.29) is 16.3 Å². The maximum atomic E-state index is 13.6. The molecule has 1 amide bonds. The van der Waals surface area contributed by atoms with Crippen LogP contribution in [-0.4, -0.2) is 24.3 Å². The molecule has 0 saturated carbocycles. The van der Waals surface area contributed by atoms with Crippen molar-refractivity contribution in [1.82, 2.24) is 4.90 Å². The molecule has 7 heteroatoms. The van der Waals surface area contributed by atoms with Crippen LogP contribution < -0.4 is 0 Å². The van der Waals surface area contributed by atoms with Crippen molar-refractivity contribution in [2.24, 2.45) is 0 Å². The van der Waals surface area contributed by atoms with Gasteiger partial charge in [0.25, 0.3) is 5.91 Å². The van der Waals surface area contributed by atoms with Crippen molar-refractivity contribution in [3.63, 3.8) is 0 Å². The van der Waals surface area contributed by atoms with Crippen molar-refractivity contribution in [1.29, 1.82) is 0 Å². The summed E-state index contributed by atoms with van der Waals surface area (Å²) < 4.78 is 27.1. The smallest absolute Gasteiger partial charge is 0.290 e. The number of carbonyl (C=O) groups excluding carboxylic acids is 1. The maximum Gasteiger partial charge on any atom is 0.290 e. The third-order valence-corrected chi connectivity index (χ3v) is 7.68. The second kappa shape index (κ2) is 8.45. The van der Waals surface area contributed by atoms with Crippen molar-refractivity contribution < 1.29 is 18.3 Å². The number of aliphatic hydroxyl groups is 1. The Hall–Kier alpha value is -3.09. The van der Waals surface area contributed by atoms with Crippen molar-refractivity contribution in [3.8, 4) is 0 Å². The van der Waals surface area contributed by atoms with Gasteiger partial charge < -0.3 is 10.0 Å². The summed E-state index contributed by atoms with van der Waals surface area (Å²) >= 11 is 6.03. The molecule has 3 aromatic carbocycles. The van der Waals surface area contributed by atoms with E-state index in [0.717, 1.165) is 16.7 Å². The molecule has 0 fully saturated rings. The standard InChI is InChI=1S/C25H22ClNO4S/c1-16-3-7-18(8-4-16)15-27-22(19-9-11-20(26)12-10-19)24(23(28)25(27)29)32(30,31)21-13-5-17(2)6-14-21/h3-14,22,28H,15H2,1-2H3.